The Labute approximate surface area is 106 Å². The molecule has 9 heteroatoms. The summed E-state index contributed by atoms with van der Waals surface area (Å²) in [6, 6.07) is 0. The molecule has 0 spiro atoms. The van der Waals surface area contributed by atoms with Crippen LogP contribution in [-0.4, -0.2) is 51.6 Å². The normalized spacial score (nSPS) is 13.8. The second-order valence-corrected chi connectivity index (χ2v) is 3.81. The standard InChI is InChI=1S/C10H9BO8/c12-7(13)4(8(14)15)3-1-2-11-6(3)5(9(16)17)10(18)19/h1-2,4-5,11H,(H,12,13)(H,14,15)(H,16,17)(H,18,19). The molecule has 0 bridgehead atoms. The highest BCUT2D eigenvalue weighted by Crippen LogP contribution is 2.28. The molecule has 1 heterocycles. The highest BCUT2D eigenvalue weighted by atomic mass is 16.4. The van der Waals surface area contributed by atoms with Crippen molar-refractivity contribution in [2.45, 2.75) is 0 Å². The highest BCUT2D eigenvalue weighted by Gasteiger charge is 2.39. The van der Waals surface area contributed by atoms with E-state index in [-0.39, 0.29) is 18.3 Å². The van der Waals surface area contributed by atoms with Crippen molar-refractivity contribution in [3.05, 3.63) is 23.1 Å². The number of aliphatic carboxylic acids is 4. The first kappa shape index (κ1) is 14.5. The monoisotopic (exact) mass is 268 g/mol. The Bertz CT molecular complexity index is 490. The first-order valence-electron chi connectivity index (χ1n) is 5.08. The number of hydrogen-bond donors (Lipinski definition) is 4. The van der Waals surface area contributed by atoms with Gasteiger partial charge in [-0.05, 0) is 5.57 Å². The van der Waals surface area contributed by atoms with Gasteiger partial charge in [0.1, 0.15) is 0 Å². The molecule has 1 aliphatic rings. The van der Waals surface area contributed by atoms with Crippen molar-refractivity contribution in [3.63, 3.8) is 0 Å². The predicted molar refractivity (Wildman–Crippen MR) is 60.8 cm³/mol. The van der Waals surface area contributed by atoms with E-state index in [1.807, 2.05) is 0 Å². The molecule has 100 valence electrons. The van der Waals surface area contributed by atoms with E-state index in [0.29, 0.717) is 0 Å². The van der Waals surface area contributed by atoms with Gasteiger partial charge in [-0.1, -0.05) is 11.5 Å². The Balaban J connectivity index is 3.34. The van der Waals surface area contributed by atoms with Crippen LogP contribution in [0.4, 0.5) is 0 Å². The lowest BCUT2D eigenvalue weighted by Gasteiger charge is -2.15. The van der Waals surface area contributed by atoms with E-state index in [1.54, 1.807) is 0 Å². The number of carboxylic acid groups (broad SMARTS) is 4. The fourth-order valence-electron chi connectivity index (χ4n) is 1.88. The molecule has 0 amide bonds. The van der Waals surface area contributed by atoms with E-state index in [4.69, 9.17) is 20.4 Å². The van der Waals surface area contributed by atoms with Gasteiger partial charge in [0.2, 0.25) is 0 Å². The van der Waals surface area contributed by atoms with Crippen LogP contribution in [0.25, 0.3) is 0 Å². The molecule has 1 aliphatic heterocycles. The van der Waals surface area contributed by atoms with Crippen molar-refractivity contribution < 1.29 is 39.6 Å². The molecule has 0 aromatic heterocycles. The Morgan fingerprint density at radius 1 is 0.842 bits per heavy atom. The first-order chi connectivity index (χ1) is 8.77. The van der Waals surface area contributed by atoms with E-state index in [0.717, 1.165) is 6.08 Å². The molecule has 4 N–H and O–H groups in total. The van der Waals surface area contributed by atoms with Gasteiger partial charge in [0.15, 0.2) is 19.1 Å². The minimum Gasteiger partial charge on any atom is -0.480 e. The van der Waals surface area contributed by atoms with Crippen molar-refractivity contribution in [2.24, 2.45) is 11.8 Å². The Morgan fingerprint density at radius 3 is 1.63 bits per heavy atom. The van der Waals surface area contributed by atoms with Gasteiger partial charge in [-0.2, -0.15) is 0 Å². The Kier molecular flexibility index (Phi) is 4.10. The molecular formula is C10H9BO8. The van der Waals surface area contributed by atoms with E-state index >= 15 is 0 Å². The number of rotatable bonds is 6. The number of carboxylic acids is 4. The zero-order valence-electron chi connectivity index (χ0n) is 9.44. The second-order valence-electron chi connectivity index (χ2n) is 3.81. The minimum absolute atomic E-state index is 0.102. The van der Waals surface area contributed by atoms with E-state index < -0.39 is 35.7 Å². The molecule has 0 fully saturated rings. The zero-order chi connectivity index (χ0) is 14.7. The summed E-state index contributed by atoms with van der Waals surface area (Å²) in [6.45, 7) is 0. The lowest BCUT2D eigenvalue weighted by molar-refractivity contribution is -0.155. The van der Waals surface area contributed by atoms with Gasteiger partial charge in [0.05, 0.1) is 0 Å². The molecule has 1 rings (SSSR count). The van der Waals surface area contributed by atoms with E-state index in [9.17, 15) is 19.2 Å². The van der Waals surface area contributed by atoms with Crippen molar-refractivity contribution in [3.8, 4) is 0 Å². The Morgan fingerprint density at radius 2 is 1.26 bits per heavy atom. The summed E-state index contributed by atoms with van der Waals surface area (Å²) < 4.78 is 0. The van der Waals surface area contributed by atoms with Gasteiger partial charge in [-0.3, -0.25) is 19.2 Å². The molecule has 8 nitrogen and oxygen atoms in total. The summed E-state index contributed by atoms with van der Waals surface area (Å²) in [4.78, 5) is 43.6. The van der Waals surface area contributed by atoms with Crippen LogP contribution in [0.3, 0.4) is 0 Å². The average molecular weight is 268 g/mol. The molecule has 0 saturated carbocycles. The molecule has 0 atom stereocenters. The molecule has 19 heavy (non-hydrogen) atoms. The van der Waals surface area contributed by atoms with Gasteiger partial charge in [-0.25, -0.2) is 0 Å². The van der Waals surface area contributed by atoms with Gasteiger partial charge in [0.25, 0.3) is 0 Å². The average Bonchev–Trinajstić information content (AvgIpc) is 2.64. The minimum atomic E-state index is -1.98. The van der Waals surface area contributed by atoms with Gasteiger partial charge in [0, 0.05) is 0 Å². The van der Waals surface area contributed by atoms with Crippen LogP contribution in [0, 0.1) is 11.8 Å². The molecule has 0 unspecified atom stereocenters. The van der Waals surface area contributed by atoms with Crippen LogP contribution in [0.5, 0.6) is 0 Å². The smallest absolute Gasteiger partial charge is 0.322 e. The fourth-order valence-corrected chi connectivity index (χ4v) is 1.88. The van der Waals surface area contributed by atoms with Crippen molar-refractivity contribution in [1.29, 1.82) is 0 Å². The van der Waals surface area contributed by atoms with Crippen LogP contribution >= 0.6 is 0 Å². The van der Waals surface area contributed by atoms with Crippen molar-refractivity contribution in [1.82, 2.24) is 0 Å². The third-order valence-corrected chi connectivity index (χ3v) is 2.65. The largest absolute Gasteiger partial charge is 0.480 e. The third kappa shape index (κ3) is 2.82. The molecular weight excluding hydrogens is 259 g/mol. The summed E-state index contributed by atoms with van der Waals surface area (Å²) in [5.74, 6) is -9.29. The van der Waals surface area contributed by atoms with Crippen LogP contribution in [0.1, 0.15) is 0 Å². The maximum absolute atomic E-state index is 10.9. The number of carbonyl (C=O) groups is 4. The molecule has 0 aliphatic carbocycles. The van der Waals surface area contributed by atoms with Gasteiger partial charge >= 0.3 is 23.9 Å². The summed E-state index contributed by atoms with van der Waals surface area (Å²) >= 11 is 0. The summed E-state index contributed by atoms with van der Waals surface area (Å²) in [6.07, 6.45) is 1.14. The van der Waals surface area contributed by atoms with Crippen molar-refractivity contribution >= 4 is 31.2 Å². The van der Waals surface area contributed by atoms with Crippen LogP contribution in [0.15, 0.2) is 23.1 Å². The second kappa shape index (κ2) is 5.38. The maximum Gasteiger partial charge on any atom is 0.322 e. The highest BCUT2D eigenvalue weighted by molar-refractivity contribution is 6.54. The van der Waals surface area contributed by atoms with Crippen molar-refractivity contribution in [2.75, 3.05) is 0 Å². The lowest BCUT2D eigenvalue weighted by Crippen LogP contribution is -2.31. The zero-order valence-corrected chi connectivity index (χ0v) is 9.44. The van der Waals surface area contributed by atoms with Gasteiger partial charge in [-0.15, -0.1) is 5.98 Å². The molecule has 0 aromatic carbocycles. The lowest BCUT2D eigenvalue weighted by atomic mass is 9.65. The Hall–Kier alpha value is -2.58. The molecule has 0 radical (unpaired) electrons. The number of allylic oxidation sites excluding steroid dienone is 1. The third-order valence-electron chi connectivity index (χ3n) is 2.65. The van der Waals surface area contributed by atoms with Gasteiger partial charge < -0.3 is 20.4 Å². The molecule has 0 aromatic rings. The quantitative estimate of drug-likeness (QED) is 0.345. The first-order valence-corrected chi connectivity index (χ1v) is 5.08. The molecule has 0 saturated heterocycles. The summed E-state index contributed by atoms with van der Waals surface area (Å²) in [7, 11) is -0.102. The van der Waals surface area contributed by atoms with Crippen LogP contribution in [0.2, 0.25) is 0 Å². The van der Waals surface area contributed by atoms with E-state index in [2.05, 4.69) is 0 Å². The van der Waals surface area contributed by atoms with E-state index in [1.165, 1.54) is 5.98 Å². The topological polar surface area (TPSA) is 149 Å². The number of hydrogen-bond acceptors (Lipinski definition) is 4. The summed E-state index contributed by atoms with van der Waals surface area (Å²) in [5.41, 5.74) is -0.524. The predicted octanol–water partition coefficient (Wildman–Crippen LogP) is -1.22. The summed E-state index contributed by atoms with van der Waals surface area (Å²) in [5, 5.41) is 35.4. The van der Waals surface area contributed by atoms with Crippen LogP contribution in [-0.2, 0) is 19.2 Å². The maximum atomic E-state index is 10.9. The van der Waals surface area contributed by atoms with Crippen LogP contribution < -0.4 is 0 Å². The SMILES string of the molecule is O=C(O)C(C(=O)O)C1=C(C(C(=O)O)C(=O)O)C=CB1. The fraction of sp³-hybridized carbons (Fsp3) is 0.200.